The molecule has 1 aromatic rings. The van der Waals surface area contributed by atoms with Gasteiger partial charge in [0.15, 0.2) is 0 Å². The van der Waals surface area contributed by atoms with Gasteiger partial charge in [-0.2, -0.15) is 0 Å². The molecule has 5 heteroatoms. The smallest absolute Gasteiger partial charge is 0.328 e. The normalized spacial score (nSPS) is 10.8. The van der Waals surface area contributed by atoms with Gasteiger partial charge >= 0.3 is 5.97 Å². The minimum Gasteiger partial charge on any atom is -0.478 e. The van der Waals surface area contributed by atoms with Crippen LogP contribution >= 0.6 is 0 Å². The van der Waals surface area contributed by atoms with Crippen molar-refractivity contribution in [3.05, 3.63) is 41.0 Å². The van der Waals surface area contributed by atoms with Crippen LogP contribution in [-0.2, 0) is 9.53 Å². The van der Waals surface area contributed by atoms with E-state index in [1.807, 2.05) is 19.9 Å². The van der Waals surface area contributed by atoms with Crippen molar-refractivity contribution in [3.8, 4) is 0 Å². The van der Waals surface area contributed by atoms with Crippen molar-refractivity contribution in [3.63, 3.8) is 0 Å². The molecule has 0 unspecified atom stereocenters. The zero-order valence-corrected chi connectivity index (χ0v) is 12.6. The molecular formula is C16H21NO4. The Bertz CT molecular complexity index is 537. The number of benzene rings is 1. The molecule has 0 aliphatic heterocycles. The summed E-state index contributed by atoms with van der Waals surface area (Å²) in [6.45, 7) is 5.38. The van der Waals surface area contributed by atoms with Crippen molar-refractivity contribution in [1.82, 2.24) is 4.90 Å². The molecule has 0 bridgehead atoms. The summed E-state index contributed by atoms with van der Waals surface area (Å²) in [5.41, 5.74) is 2.14. The summed E-state index contributed by atoms with van der Waals surface area (Å²) in [5.74, 6) is -1.09. The Hall–Kier alpha value is -2.14. The first-order valence-corrected chi connectivity index (χ1v) is 6.79. The maximum atomic E-state index is 12.5. The molecule has 1 aromatic carbocycles. The molecule has 0 radical (unpaired) electrons. The average Bonchev–Trinajstić information content (AvgIpc) is 2.46. The summed E-state index contributed by atoms with van der Waals surface area (Å²) in [7, 11) is 1.60. The van der Waals surface area contributed by atoms with E-state index in [2.05, 4.69) is 0 Å². The Kier molecular flexibility index (Phi) is 6.62. The molecule has 0 saturated heterocycles. The van der Waals surface area contributed by atoms with Gasteiger partial charge in [0.1, 0.15) is 0 Å². The maximum Gasteiger partial charge on any atom is 0.328 e. The topological polar surface area (TPSA) is 66.8 Å². The first-order valence-electron chi connectivity index (χ1n) is 6.79. The quantitative estimate of drug-likeness (QED) is 0.782. The average molecular weight is 291 g/mol. The van der Waals surface area contributed by atoms with Crippen molar-refractivity contribution in [2.45, 2.75) is 13.8 Å². The van der Waals surface area contributed by atoms with Gasteiger partial charge < -0.3 is 14.7 Å². The van der Waals surface area contributed by atoms with Crippen molar-refractivity contribution in [1.29, 1.82) is 0 Å². The molecule has 0 aromatic heterocycles. The zero-order valence-electron chi connectivity index (χ0n) is 12.6. The van der Waals surface area contributed by atoms with E-state index in [4.69, 9.17) is 9.84 Å². The summed E-state index contributed by atoms with van der Waals surface area (Å²) in [6, 6.07) is 5.32. The molecular weight excluding hydrogens is 270 g/mol. The third kappa shape index (κ3) is 5.04. The Balaban J connectivity index is 3.01. The van der Waals surface area contributed by atoms with Crippen LogP contribution in [0.3, 0.4) is 0 Å². The Morgan fingerprint density at radius 3 is 2.67 bits per heavy atom. The Labute approximate surface area is 124 Å². The van der Waals surface area contributed by atoms with Crippen LogP contribution in [0.5, 0.6) is 0 Å². The highest BCUT2D eigenvalue weighted by Gasteiger charge is 2.16. The standard InChI is InChI=1S/C16H21NO4/c1-4-17(9-10-21-3)16(20)14-11-13(6-5-12(14)2)7-8-15(18)19/h5-8,11H,4,9-10H2,1-3H3,(H,18,19). The first-order chi connectivity index (χ1) is 9.99. The minimum absolute atomic E-state index is 0.0716. The van der Waals surface area contributed by atoms with Gasteiger partial charge in [0.05, 0.1) is 6.61 Å². The number of ether oxygens (including phenoxy) is 1. The van der Waals surface area contributed by atoms with Gasteiger partial charge in [0, 0.05) is 31.8 Å². The van der Waals surface area contributed by atoms with Gasteiger partial charge in [-0.15, -0.1) is 0 Å². The molecule has 0 saturated carbocycles. The second-order valence-electron chi connectivity index (χ2n) is 4.62. The Morgan fingerprint density at radius 1 is 1.38 bits per heavy atom. The SMILES string of the molecule is CCN(CCOC)C(=O)c1cc(C=CC(=O)O)ccc1C. The summed E-state index contributed by atoms with van der Waals surface area (Å²) >= 11 is 0. The van der Waals surface area contributed by atoms with Gasteiger partial charge in [-0.3, -0.25) is 4.79 Å². The van der Waals surface area contributed by atoms with E-state index in [-0.39, 0.29) is 5.91 Å². The van der Waals surface area contributed by atoms with Gasteiger partial charge in [-0.05, 0) is 37.1 Å². The van der Waals surface area contributed by atoms with E-state index < -0.39 is 5.97 Å². The summed E-state index contributed by atoms with van der Waals surface area (Å²) in [5, 5.41) is 8.66. The largest absolute Gasteiger partial charge is 0.478 e. The van der Waals surface area contributed by atoms with E-state index in [1.165, 1.54) is 6.08 Å². The second kappa shape index (κ2) is 8.21. The number of aryl methyl sites for hydroxylation is 1. The number of nitrogens with zero attached hydrogens (tertiary/aromatic N) is 1. The first kappa shape index (κ1) is 16.9. The molecule has 21 heavy (non-hydrogen) atoms. The van der Waals surface area contributed by atoms with Crippen LogP contribution < -0.4 is 0 Å². The predicted octanol–water partition coefficient (Wildman–Crippen LogP) is 2.20. The third-order valence-corrected chi connectivity index (χ3v) is 3.14. The third-order valence-electron chi connectivity index (χ3n) is 3.14. The van der Waals surface area contributed by atoms with Gasteiger partial charge in [0.2, 0.25) is 0 Å². The fourth-order valence-corrected chi connectivity index (χ4v) is 1.92. The lowest BCUT2D eigenvalue weighted by Crippen LogP contribution is -2.34. The molecule has 0 atom stereocenters. The lowest BCUT2D eigenvalue weighted by atomic mass is 10.0. The van der Waals surface area contributed by atoms with E-state index in [1.54, 1.807) is 24.1 Å². The summed E-state index contributed by atoms with van der Waals surface area (Å²) in [6.07, 6.45) is 2.53. The highest BCUT2D eigenvalue weighted by molar-refractivity contribution is 5.96. The number of methoxy groups -OCH3 is 1. The number of carbonyl (C=O) groups excluding carboxylic acids is 1. The van der Waals surface area contributed by atoms with Crippen molar-refractivity contribution in [2.75, 3.05) is 26.8 Å². The monoisotopic (exact) mass is 291 g/mol. The number of hydrogen-bond donors (Lipinski definition) is 1. The molecule has 0 aliphatic carbocycles. The number of hydrogen-bond acceptors (Lipinski definition) is 3. The molecule has 114 valence electrons. The fourth-order valence-electron chi connectivity index (χ4n) is 1.92. The summed E-state index contributed by atoms with van der Waals surface area (Å²) in [4.78, 5) is 24.8. The molecule has 5 nitrogen and oxygen atoms in total. The zero-order chi connectivity index (χ0) is 15.8. The summed E-state index contributed by atoms with van der Waals surface area (Å²) < 4.78 is 5.01. The lowest BCUT2D eigenvalue weighted by molar-refractivity contribution is -0.131. The predicted molar refractivity (Wildman–Crippen MR) is 81.3 cm³/mol. The molecule has 1 amide bonds. The molecule has 1 N–H and O–H groups in total. The molecule has 0 aliphatic rings. The van der Waals surface area contributed by atoms with Crippen LogP contribution in [0.1, 0.15) is 28.4 Å². The van der Waals surface area contributed by atoms with Crippen molar-refractivity contribution in [2.24, 2.45) is 0 Å². The van der Waals surface area contributed by atoms with Crippen molar-refractivity contribution >= 4 is 18.0 Å². The second-order valence-corrected chi connectivity index (χ2v) is 4.62. The van der Waals surface area contributed by atoms with Crippen LogP contribution in [-0.4, -0.2) is 48.7 Å². The van der Waals surface area contributed by atoms with Crippen LogP contribution in [0.25, 0.3) is 6.08 Å². The number of likely N-dealkylation sites (N-methyl/N-ethyl adjacent to an activating group) is 1. The lowest BCUT2D eigenvalue weighted by Gasteiger charge is -2.21. The van der Waals surface area contributed by atoms with E-state index >= 15 is 0 Å². The molecule has 0 heterocycles. The van der Waals surface area contributed by atoms with Crippen LogP contribution in [0, 0.1) is 6.92 Å². The van der Waals surface area contributed by atoms with Gasteiger partial charge in [-0.1, -0.05) is 12.1 Å². The minimum atomic E-state index is -1.02. The van der Waals surface area contributed by atoms with Crippen LogP contribution in [0.4, 0.5) is 0 Å². The van der Waals surface area contributed by atoms with Crippen molar-refractivity contribution < 1.29 is 19.4 Å². The highest BCUT2D eigenvalue weighted by atomic mass is 16.5. The van der Waals surface area contributed by atoms with E-state index in [9.17, 15) is 9.59 Å². The number of carboxylic acid groups (broad SMARTS) is 1. The Morgan fingerprint density at radius 2 is 2.10 bits per heavy atom. The van der Waals surface area contributed by atoms with E-state index in [0.29, 0.717) is 30.8 Å². The number of carbonyl (C=O) groups is 2. The van der Waals surface area contributed by atoms with Gasteiger partial charge in [0.25, 0.3) is 5.91 Å². The van der Waals surface area contributed by atoms with Crippen LogP contribution in [0.15, 0.2) is 24.3 Å². The highest BCUT2D eigenvalue weighted by Crippen LogP contribution is 2.15. The van der Waals surface area contributed by atoms with Crippen LogP contribution in [0.2, 0.25) is 0 Å². The van der Waals surface area contributed by atoms with Gasteiger partial charge in [-0.25, -0.2) is 4.79 Å². The van der Waals surface area contributed by atoms with E-state index in [0.717, 1.165) is 11.6 Å². The number of amides is 1. The molecule has 0 spiro atoms. The fraction of sp³-hybridized carbons (Fsp3) is 0.375. The molecule has 0 fully saturated rings. The number of carboxylic acids is 1. The molecule has 1 rings (SSSR count). The number of rotatable bonds is 7. The number of aliphatic carboxylic acids is 1. The maximum absolute atomic E-state index is 12.5.